The summed E-state index contributed by atoms with van der Waals surface area (Å²) < 4.78 is 11.4. The molecule has 2 heterocycles. The monoisotopic (exact) mass is 342 g/mol. The van der Waals surface area contributed by atoms with Gasteiger partial charge in [-0.3, -0.25) is 9.59 Å². The van der Waals surface area contributed by atoms with Crippen molar-refractivity contribution in [3.05, 3.63) is 47.2 Å². The highest BCUT2D eigenvalue weighted by molar-refractivity contribution is 6.01. The van der Waals surface area contributed by atoms with Crippen LogP contribution >= 0.6 is 0 Å². The molecule has 2 amide bonds. The number of nitrogens with one attached hydrogen (secondary N) is 1. The van der Waals surface area contributed by atoms with Gasteiger partial charge in [0.25, 0.3) is 5.91 Å². The second kappa shape index (κ2) is 7.11. The van der Waals surface area contributed by atoms with E-state index in [2.05, 4.69) is 5.32 Å². The van der Waals surface area contributed by atoms with Crippen LogP contribution in [0.4, 0.5) is 0 Å². The highest BCUT2D eigenvalue weighted by Crippen LogP contribution is 2.31. The molecule has 0 unspecified atom stereocenters. The summed E-state index contributed by atoms with van der Waals surface area (Å²) in [6.45, 7) is 4.05. The Hall–Kier alpha value is -2.60. The van der Waals surface area contributed by atoms with Gasteiger partial charge in [-0.2, -0.15) is 0 Å². The number of carbonyl (C=O) groups excluding carboxylic acids is 2. The molecule has 1 aliphatic heterocycles. The predicted molar refractivity (Wildman–Crippen MR) is 93.0 cm³/mol. The molecule has 1 saturated heterocycles. The molecule has 0 radical (unpaired) electrons. The molecule has 3 rings (SSSR count). The molecule has 0 bridgehead atoms. The third-order valence-electron chi connectivity index (χ3n) is 4.56. The van der Waals surface area contributed by atoms with E-state index in [0.717, 1.165) is 16.9 Å². The van der Waals surface area contributed by atoms with Gasteiger partial charge in [0.15, 0.2) is 0 Å². The number of ether oxygens (including phenoxy) is 1. The summed E-state index contributed by atoms with van der Waals surface area (Å²) >= 11 is 0. The van der Waals surface area contributed by atoms with E-state index in [4.69, 9.17) is 14.9 Å². The van der Waals surface area contributed by atoms with Gasteiger partial charge in [-0.05, 0) is 26.7 Å². The van der Waals surface area contributed by atoms with E-state index in [1.165, 1.54) is 0 Å². The molecule has 132 valence electrons. The van der Waals surface area contributed by atoms with Crippen molar-refractivity contribution in [2.45, 2.75) is 38.9 Å². The quantitative estimate of drug-likeness (QED) is 0.872. The summed E-state index contributed by atoms with van der Waals surface area (Å²) in [6, 6.07) is 9.54. The molecule has 0 saturated carbocycles. The molecule has 2 aromatic rings. The third kappa shape index (κ3) is 3.58. The lowest BCUT2D eigenvalue weighted by Crippen LogP contribution is -2.34. The second-order valence-electron chi connectivity index (χ2n) is 6.29. The number of benzene rings is 1. The van der Waals surface area contributed by atoms with Crippen LogP contribution in [0.3, 0.4) is 0 Å². The van der Waals surface area contributed by atoms with Gasteiger partial charge in [0.2, 0.25) is 5.91 Å². The molecular formula is C19H22N2O4. The standard InChI is InChI=1S/C19H22N2O4/c1-11-12(2)24-17(13-6-4-3-5-7-13)16(11)19(23)21-10-14-8-9-15(25-14)18(20)22/h3-7,14-15H,8-10H2,1-2H3,(H2,20,22)(H,21,23)/t14-,15+/m1/s1. The number of rotatable bonds is 5. The van der Waals surface area contributed by atoms with Gasteiger partial charge in [0.1, 0.15) is 17.6 Å². The zero-order chi connectivity index (χ0) is 18.0. The summed E-state index contributed by atoms with van der Waals surface area (Å²) in [5, 5.41) is 2.89. The Labute approximate surface area is 146 Å². The van der Waals surface area contributed by atoms with E-state index in [1.807, 2.05) is 44.2 Å². The van der Waals surface area contributed by atoms with Crippen molar-refractivity contribution in [3.8, 4) is 11.3 Å². The first-order valence-corrected chi connectivity index (χ1v) is 8.35. The molecule has 25 heavy (non-hydrogen) atoms. The van der Waals surface area contributed by atoms with Crippen LogP contribution in [0.5, 0.6) is 0 Å². The summed E-state index contributed by atoms with van der Waals surface area (Å²) in [4.78, 5) is 23.9. The van der Waals surface area contributed by atoms with E-state index >= 15 is 0 Å². The fraction of sp³-hybridized carbons (Fsp3) is 0.368. The smallest absolute Gasteiger partial charge is 0.255 e. The van der Waals surface area contributed by atoms with Crippen molar-refractivity contribution >= 4 is 11.8 Å². The third-order valence-corrected chi connectivity index (χ3v) is 4.56. The van der Waals surface area contributed by atoms with Crippen LogP contribution in [0, 0.1) is 13.8 Å². The van der Waals surface area contributed by atoms with Crippen LogP contribution in [-0.4, -0.2) is 30.6 Å². The van der Waals surface area contributed by atoms with E-state index < -0.39 is 12.0 Å². The highest BCUT2D eigenvalue weighted by Gasteiger charge is 2.30. The SMILES string of the molecule is Cc1oc(-c2ccccc2)c(C(=O)NC[C@H]2CC[C@@H](C(N)=O)O2)c1C. The Bertz CT molecular complexity index is 782. The van der Waals surface area contributed by atoms with Crippen molar-refractivity contribution in [3.63, 3.8) is 0 Å². The molecule has 1 aromatic carbocycles. The Balaban J connectivity index is 1.73. The molecule has 1 aromatic heterocycles. The van der Waals surface area contributed by atoms with Crippen molar-refractivity contribution < 1.29 is 18.7 Å². The minimum Gasteiger partial charge on any atom is -0.460 e. The number of amides is 2. The fourth-order valence-electron chi connectivity index (χ4n) is 3.05. The van der Waals surface area contributed by atoms with Crippen LogP contribution in [0.1, 0.15) is 34.5 Å². The summed E-state index contributed by atoms with van der Waals surface area (Å²) in [5.74, 6) is 0.617. The highest BCUT2D eigenvalue weighted by atomic mass is 16.5. The van der Waals surface area contributed by atoms with Gasteiger partial charge in [-0.25, -0.2) is 0 Å². The summed E-state index contributed by atoms with van der Waals surface area (Å²) in [7, 11) is 0. The topological polar surface area (TPSA) is 94.6 Å². The Morgan fingerprint density at radius 1 is 1.20 bits per heavy atom. The molecule has 3 N–H and O–H groups in total. The Morgan fingerprint density at radius 2 is 1.92 bits per heavy atom. The largest absolute Gasteiger partial charge is 0.460 e. The summed E-state index contributed by atoms with van der Waals surface area (Å²) in [5.41, 5.74) is 7.46. The first kappa shape index (κ1) is 17.2. The average Bonchev–Trinajstić information content (AvgIpc) is 3.19. The first-order chi connectivity index (χ1) is 12.0. The van der Waals surface area contributed by atoms with Gasteiger partial charge in [0.05, 0.1) is 11.7 Å². The number of nitrogens with two attached hydrogens (primary N) is 1. The number of primary amides is 1. The van der Waals surface area contributed by atoms with Gasteiger partial charge in [-0.1, -0.05) is 30.3 Å². The van der Waals surface area contributed by atoms with Gasteiger partial charge in [-0.15, -0.1) is 0 Å². The van der Waals surface area contributed by atoms with Crippen LogP contribution in [0.25, 0.3) is 11.3 Å². The van der Waals surface area contributed by atoms with E-state index in [1.54, 1.807) is 0 Å². The normalized spacial score (nSPS) is 19.8. The molecule has 2 atom stereocenters. The van der Waals surface area contributed by atoms with Crippen molar-refractivity contribution in [1.82, 2.24) is 5.32 Å². The maximum Gasteiger partial charge on any atom is 0.255 e. The minimum atomic E-state index is -0.556. The molecule has 6 heteroatoms. The molecule has 1 fully saturated rings. The fourth-order valence-corrected chi connectivity index (χ4v) is 3.05. The van der Waals surface area contributed by atoms with Crippen LogP contribution in [-0.2, 0) is 9.53 Å². The lowest BCUT2D eigenvalue weighted by molar-refractivity contribution is -0.128. The predicted octanol–water partition coefficient (Wildman–Crippen LogP) is 2.33. The van der Waals surface area contributed by atoms with Crippen molar-refractivity contribution in [1.29, 1.82) is 0 Å². The van der Waals surface area contributed by atoms with E-state index in [9.17, 15) is 9.59 Å². The molecule has 0 spiro atoms. The maximum absolute atomic E-state index is 12.7. The second-order valence-corrected chi connectivity index (χ2v) is 6.29. The number of hydrogen-bond donors (Lipinski definition) is 2. The average molecular weight is 342 g/mol. The van der Waals surface area contributed by atoms with Crippen molar-refractivity contribution in [2.24, 2.45) is 5.73 Å². The van der Waals surface area contributed by atoms with Crippen LogP contribution in [0.2, 0.25) is 0 Å². The van der Waals surface area contributed by atoms with E-state index in [0.29, 0.717) is 30.7 Å². The van der Waals surface area contributed by atoms with Crippen molar-refractivity contribution in [2.75, 3.05) is 6.54 Å². The number of aryl methyl sites for hydroxylation is 1. The van der Waals surface area contributed by atoms with E-state index in [-0.39, 0.29) is 12.0 Å². The van der Waals surface area contributed by atoms with Gasteiger partial charge in [0, 0.05) is 17.7 Å². The minimum absolute atomic E-state index is 0.199. The number of hydrogen-bond acceptors (Lipinski definition) is 4. The van der Waals surface area contributed by atoms with Gasteiger partial charge < -0.3 is 20.2 Å². The lowest BCUT2D eigenvalue weighted by atomic mass is 10.0. The first-order valence-electron chi connectivity index (χ1n) is 8.35. The number of furan rings is 1. The van der Waals surface area contributed by atoms with Gasteiger partial charge >= 0.3 is 0 Å². The molecule has 6 nitrogen and oxygen atoms in total. The molecule has 0 aliphatic carbocycles. The summed E-state index contributed by atoms with van der Waals surface area (Å²) in [6.07, 6.45) is 0.535. The Morgan fingerprint density at radius 3 is 2.56 bits per heavy atom. The zero-order valence-electron chi connectivity index (χ0n) is 14.4. The Kier molecular flexibility index (Phi) is 4.90. The van der Waals surface area contributed by atoms with Crippen LogP contribution in [0.15, 0.2) is 34.7 Å². The van der Waals surface area contributed by atoms with Crippen LogP contribution < -0.4 is 11.1 Å². The zero-order valence-corrected chi connectivity index (χ0v) is 14.4. The lowest BCUT2D eigenvalue weighted by Gasteiger charge is -2.13. The molecular weight excluding hydrogens is 320 g/mol. The molecule has 1 aliphatic rings. The maximum atomic E-state index is 12.7. The number of carbonyl (C=O) groups is 2.